The van der Waals surface area contributed by atoms with E-state index in [4.69, 9.17) is 0 Å². The number of hydrogen-bond donors (Lipinski definition) is 1. The quantitative estimate of drug-likeness (QED) is 0.852. The molecule has 0 saturated heterocycles. The molecule has 1 aromatic rings. The van der Waals surface area contributed by atoms with E-state index >= 15 is 0 Å². The summed E-state index contributed by atoms with van der Waals surface area (Å²) in [5.41, 5.74) is 1.57. The molecule has 0 amide bonds. The molecule has 3 nitrogen and oxygen atoms in total. The van der Waals surface area contributed by atoms with Crippen LogP contribution in [0.4, 0.5) is 0 Å². The van der Waals surface area contributed by atoms with Crippen molar-refractivity contribution >= 4 is 0 Å². The molecule has 1 heterocycles. The van der Waals surface area contributed by atoms with Crippen LogP contribution in [-0.2, 0) is 12.1 Å². The normalized spacial score (nSPS) is 13.1. The van der Waals surface area contributed by atoms with E-state index in [-0.39, 0.29) is 5.54 Å². The summed E-state index contributed by atoms with van der Waals surface area (Å²) in [6, 6.07) is 0. The van der Waals surface area contributed by atoms with E-state index in [9.17, 15) is 0 Å². The van der Waals surface area contributed by atoms with Gasteiger partial charge < -0.3 is 9.88 Å². The number of rotatable bonds is 5. The number of hydrogen-bond acceptors (Lipinski definition) is 2. The first-order chi connectivity index (χ1) is 7.74. The Bertz CT molecular complexity index is 345. The monoisotopic (exact) mass is 237 g/mol. The van der Waals surface area contributed by atoms with E-state index in [1.54, 1.807) is 0 Å². The molecule has 0 aliphatic heterocycles. The van der Waals surface area contributed by atoms with E-state index in [1.807, 2.05) is 6.33 Å². The first kappa shape index (κ1) is 14.2. The third-order valence-electron chi connectivity index (χ3n) is 2.85. The second-order valence-corrected chi connectivity index (χ2v) is 6.60. The molecule has 0 aliphatic rings. The molecule has 1 aromatic heterocycles. The van der Waals surface area contributed by atoms with Gasteiger partial charge in [-0.25, -0.2) is 4.98 Å². The molecule has 0 fully saturated rings. The third kappa shape index (κ3) is 4.50. The van der Waals surface area contributed by atoms with Crippen molar-refractivity contribution in [1.82, 2.24) is 14.9 Å². The molecule has 1 N–H and O–H groups in total. The highest BCUT2D eigenvalue weighted by molar-refractivity contribution is 5.00. The van der Waals surface area contributed by atoms with Crippen LogP contribution >= 0.6 is 0 Å². The Morgan fingerprint density at radius 3 is 2.41 bits per heavy atom. The van der Waals surface area contributed by atoms with Crippen LogP contribution < -0.4 is 5.32 Å². The minimum atomic E-state index is 0.121. The molecule has 0 spiro atoms. The highest BCUT2D eigenvalue weighted by atomic mass is 15.1. The van der Waals surface area contributed by atoms with Gasteiger partial charge in [-0.05, 0) is 32.2 Å². The second-order valence-electron chi connectivity index (χ2n) is 6.60. The maximum Gasteiger partial charge on any atom is 0.0955 e. The van der Waals surface area contributed by atoms with Gasteiger partial charge in [-0.1, -0.05) is 27.7 Å². The van der Waals surface area contributed by atoms with Crippen LogP contribution in [0.3, 0.4) is 0 Å². The Labute approximate surface area is 106 Å². The predicted octanol–water partition coefficient (Wildman–Crippen LogP) is 3.16. The average Bonchev–Trinajstić information content (AvgIpc) is 2.59. The van der Waals surface area contributed by atoms with Crippen molar-refractivity contribution in [1.29, 1.82) is 0 Å². The van der Waals surface area contributed by atoms with Gasteiger partial charge in [0.2, 0.25) is 0 Å². The first-order valence-electron chi connectivity index (χ1n) is 6.49. The van der Waals surface area contributed by atoms with Crippen LogP contribution in [0, 0.1) is 5.41 Å². The van der Waals surface area contributed by atoms with Crippen LogP contribution in [0.15, 0.2) is 12.5 Å². The lowest BCUT2D eigenvalue weighted by atomic mass is 9.81. The van der Waals surface area contributed by atoms with E-state index in [0.717, 1.165) is 25.2 Å². The van der Waals surface area contributed by atoms with Gasteiger partial charge in [0.05, 0.1) is 12.0 Å². The third-order valence-corrected chi connectivity index (χ3v) is 2.85. The Morgan fingerprint density at radius 1 is 1.24 bits per heavy atom. The van der Waals surface area contributed by atoms with E-state index < -0.39 is 0 Å². The van der Waals surface area contributed by atoms with Crippen LogP contribution in [0.5, 0.6) is 0 Å². The van der Waals surface area contributed by atoms with Gasteiger partial charge in [0.15, 0.2) is 0 Å². The van der Waals surface area contributed by atoms with Gasteiger partial charge in [0.25, 0.3) is 0 Å². The van der Waals surface area contributed by atoms with Gasteiger partial charge in [0.1, 0.15) is 0 Å². The molecule has 0 aromatic carbocycles. The van der Waals surface area contributed by atoms with Gasteiger partial charge in [-0.15, -0.1) is 0 Å². The molecule has 1 rings (SSSR count). The molecule has 0 atom stereocenters. The molecule has 0 radical (unpaired) electrons. The molecular formula is C14H27N3. The molecule has 3 heteroatoms. The Balaban J connectivity index is 2.74. The van der Waals surface area contributed by atoms with E-state index in [2.05, 4.69) is 62.6 Å². The molecule has 0 unspecified atom stereocenters. The van der Waals surface area contributed by atoms with Crippen LogP contribution in [0.2, 0.25) is 0 Å². The van der Waals surface area contributed by atoms with Crippen molar-refractivity contribution in [3.05, 3.63) is 18.2 Å². The lowest BCUT2D eigenvalue weighted by Gasteiger charge is -2.33. The van der Waals surface area contributed by atoms with E-state index in [1.165, 1.54) is 0 Å². The summed E-state index contributed by atoms with van der Waals surface area (Å²) < 4.78 is 2.24. The van der Waals surface area contributed by atoms with Crippen LogP contribution in [0.25, 0.3) is 0 Å². The van der Waals surface area contributed by atoms with Crippen molar-refractivity contribution in [2.24, 2.45) is 5.41 Å². The standard InChI is InChI=1S/C14H27N3/c1-7-15-8-12-9-17(11-16-12)14(5,6)10-13(2,3)4/h9,11,15H,7-8,10H2,1-6H3. The first-order valence-corrected chi connectivity index (χ1v) is 6.49. The fourth-order valence-corrected chi connectivity index (χ4v) is 2.43. The molecule has 0 bridgehead atoms. The summed E-state index contributed by atoms with van der Waals surface area (Å²) in [6.07, 6.45) is 5.25. The van der Waals surface area contributed by atoms with Crippen LogP contribution in [-0.4, -0.2) is 16.1 Å². The van der Waals surface area contributed by atoms with E-state index in [0.29, 0.717) is 5.41 Å². The predicted molar refractivity (Wildman–Crippen MR) is 73.0 cm³/mol. The number of aromatic nitrogens is 2. The van der Waals surface area contributed by atoms with Gasteiger partial charge in [-0.2, -0.15) is 0 Å². The van der Waals surface area contributed by atoms with Gasteiger partial charge in [0, 0.05) is 18.3 Å². The lowest BCUT2D eigenvalue weighted by molar-refractivity contribution is 0.214. The molecule has 98 valence electrons. The van der Waals surface area contributed by atoms with Crippen LogP contribution in [0.1, 0.15) is 53.7 Å². The molecule has 17 heavy (non-hydrogen) atoms. The van der Waals surface area contributed by atoms with Crippen molar-refractivity contribution < 1.29 is 0 Å². The maximum absolute atomic E-state index is 4.45. The minimum absolute atomic E-state index is 0.121. The summed E-state index contributed by atoms with van der Waals surface area (Å²) in [4.78, 5) is 4.45. The summed E-state index contributed by atoms with van der Waals surface area (Å²) in [5, 5.41) is 3.30. The number of nitrogens with one attached hydrogen (secondary N) is 1. The number of nitrogens with zero attached hydrogens (tertiary/aromatic N) is 2. The minimum Gasteiger partial charge on any atom is -0.332 e. The lowest BCUT2D eigenvalue weighted by Crippen LogP contribution is -2.30. The largest absolute Gasteiger partial charge is 0.332 e. The Morgan fingerprint density at radius 2 is 1.88 bits per heavy atom. The summed E-state index contributed by atoms with van der Waals surface area (Å²) in [5.74, 6) is 0. The average molecular weight is 237 g/mol. The zero-order valence-corrected chi connectivity index (χ0v) is 12.2. The maximum atomic E-state index is 4.45. The molecular weight excluding hydrogens is 210 g/mol. The topological polar surface area (TPSA) is 29.9 Å². The zero-order chi connectivity index (χ0) is 13.1. The molecule has 0 aliphatic carbocycles. The van der Waals surface area contributed by atoms with Crippen molar-refractivity contribution in [2.75, 3.05) is 6.54 Å². The van der Waals surface area contributed by atoms with Crippen molar-refractivity contribution in [2.45, 2.75) is 60.0 Å². The fraction of sp³-hybridized carbons (Fsp3) is 0.786. The van der Waals surface area contributed by atoms with Crippen molar-refractivity contribution in [3.8, 4) is 0 Å². The summed E-state index contributed by atoms with van der Waals surface area (Å²) in [7, 11) is 0. The smallest absolute Gasteiger partial charge is 0.0955 e. The highest BCUT2D eigenvalue weighted by Crippen LogP contribution is 2.32. The highest BCUT2D eigenvalue weighted by Gasteiger charge is 2.26. The molecule has 0 saturated carbocycles. The fourth-order valence-electron chi connectivity index (χ4n) is 2.43. The van der Waals surface area contributed by atoms with Gasteiger partial charge in [-0.3, -0.25) is 0 Å². The van der Waals surface area contributed by atoms with Gasteiger partial charge >= 0.3 is 0 Å². The number of imidazole rings is 1. The second kappa shape index (κ2) is 5.21. The Kier molecular flexibility index (Phi) is 4.36. The zero-order valence-electron chi connectivity index (χ0n) is 12.2. The summed E-state index contributed by atoms with van der Waals surface area (Å²) in [6.45, 7) is 15.4. The Hall–Kier alpha value is -0.830. The van der Waals surface area contributed by atoms with Crippen molar-refractivity contribution in [3.63, 3.8) is 0 Å². The summed E-state index contributed by atoms with van der Waals surface area (Å²) >= 11 is 0. The SMILES string of the molecule is CCNCc1cn(C(C)(C)CC(C)(C)C)cn1.